The second-order valence-corrected chi connectivity index (χ2v) is 4.89. The molecule has 0 aromatic carbocycles. The standard InChI is InChI=1S/C11H12BrClN2O3/c1-17-5-3-15-9(8(13)6-14-15)10(16)11-7(12)2-4-18-11/h2,4,6,10,16H,3,5H2,1H3. The average molecular weight is 336 g/mol. The van der Waals surface area contributed by atoms with Crippen LogP contribution in [-0.4, -0.2) is 28.6 Å². The molecular weight excluding hydrogens is 323 g/mol. The van der Waals surface area contributed by atoms with E-state index in [1.165, 1.54) is 12.5 Å². The Morgan fingerprint density at radius 1 is 1.67 bits per heavy atom. The molecule has 0 radical (unpaired) electrons. The molecule has 0 aliphatic heterocycles. The first-order valence-corrected chi connectivity index (χ1v) is 6.43. The van der Waals surface area contributed by atoms with Gasteiger partial charge in [-0.05, 0) is 22.0 Å². The van der Waals surface area contributed by atoms with E-state index >= 15 is 0 Å². The molecular formula is C11H12BrClN2O3. The Hall–Kier alpha value is -0.820. The summed E-state index contributed by atoms with van der Waals surface area (Å²) in [6.07, 6.45) is 2.01. The number of hydrogen-bond donors (Lipinski definition) is 1. The molecule has 0 amide bonds. The van der Waals surface area contributed by atoms with Gasteiger partial charge in [0.1, 0.15) is 0 Å². The van der Waals surface area contributed by atoms with Crippen molar-refractivity contribution < 1.29 is 14.3 Å². The largest absolute Gasteiger partial charge is 0.465 e. The number of methoxy groups -OCH3 is 1. The third kappa shape index (κ3) is 2.61. The minimum absolute atomic E-state index is 0.391. The molecule has 0 aliphatic rings. The van der Waals surface area contributed by atoms with Crippen LogP contribution in [0.4, 0.5) is 0 Å². The topological polar surface area (TPSA) is 60.4 Å². The van der Waals surface area contributed by atoms with Crippen LogP contribution in [0.25, 0.3) is 0 Å². The molecule has 0 saturated heterocycles. The third-order valence-electron chi connectivity index (χ3n) is 2.49. The molecule has 1 N–H and O–H groups in total. The van der Waals surface area contributed by atoms with Crippen molar-refractivity contribution in [2.45, 2.75) is 12.6 Å². The van der Waals surface area contributed by atoms with Gasteiger partial charge in [0.15, 0.2) is 11.9 Å². The van der Waals surface area contributed by atoms with Crippen LogP contribution < -0.4 is 0 Å². The summed E-state index contributed by atoms with van der Waals surface area (Å²) in [5.41, 5.74) is 0.490. The summed E-state index contributed by atoms with van der Waals surface area (Å²) in [6.45, 7) is 0.991. The first-order valence-electron chi connectivity index (χ1n) is 5.26. The molecule has 2 aromatic heterocycles. The summed E-state index contributed by atoms with van der Waals surface area (Å²) in [4.78, 5) is 0. The minimum atomic E-state index is -0.971. The molecule has 98 valence electrons. The van der Waals surface area contributed by atoms with Gasteiger partial charge < -0.3 is 14.3 Å². The van der Waals surface area contributed by atoms with Crippen molar-refractivity contribution in [2.24, 2.45) is 0 Å². The number of aliphatic hydroxyl groups excluding tert-OH is 1. The van der Waals surface area contributed by atoms with Crippen LogP contribution in [0.5, 0.6) is 0 Å². The van der Waals surface area contributed by atoms with Gasteiger partial charge in [0, 0.05) is 7.11 Å². The predicted octanol–water partition coefficient (Wildman–Crippen LogP) is 2.62. The lowest BCUT2D eigenvalue weighted by atomic mass is 10.2. The Morgan fingerprint density at radius 2 is 2.44 bits per heavy atom. The van der Waals surface area contributed by atoms with E-state index in [2.05, 4.69) is 21.0 Å². The zero-order chi connectivity index (χ0) is 13.1. The lowest BCUT2D eigenvalue weighted by Gasteiger charge is -2.12. The zero-order valence-electron chi connectivity index (χ0n) is 9.64. The molecule has 18 heavy (non-hydrogen) atoms. The SMILES string of the molecule is COCCn1ncc(Cl)c1C(O)c1occc1Br. The monoisotopic (exact) mass is 334 g/mol. The van der Waals surface area contributed by atoms with Crippen LogP contribution in [0.1, 0.15) is 17.6 Å². The maximum atomic E-state index is 10.3. The van der Waals surface area contributed by atoms with E-state index in [4.69, 9.17) is 20.8 Å². The first-order chi connectivity index (χ1) is 8.65. The molecule has 2 heterocycles. The molecule has 0 aliphatic carbocycles. The van der Waals surface area contributed by atoms with Crippen molar-refractivity contribution in [1.82, 2.24) is 9.78 Å². The highest BCUT2D eigenvalue weighted by molar-refractivity contribution is 9.10. The number of hydrogen-bond acceptors (Lipinski definition) is 4. The maximum Gasteiger partial charge on any atom is 0.156 e. The van der Waals surface area contributed by atoms with E-state index in [0.29, 0.717) is 34.1 Å². The molecule has 7 heteroatoms. The highest BCUT2D eigenvalue weighted by Crippen LogP contribution is 2.32. The number of aromatic nitrogens is 2. The van der Waals surface area contributed by atoms with Crippen LogP contribution in [0.2, 0.25) is 5.02 Å². The summed E-state index contributed by atoms with van der Waals surface area (Å²) in [5.74, 6) is 0.399. The minimum Gasteiger partial charge on any atom is -0.465 e. The zero-order valence-corrected chi connectivity index (χ0v) is 12.0. The van der Waals surface area contributed by atoms with Crippen LogP contribution in [0, 0.1) is 0 Å². The molecule has 5 nitrogen and oxygen atoms in total. The van der Waals surface area contributed by atoms with E-state index in [0.717, 1.165) is 0 Å². The van der Waals surface area contributed by atoms with E-state index in [-0.39, 0.29) is 0 Å². The van der Waals surface area contributed by atoms with Crippen molar-refractivity contribution >= 4 is 27.5 Å². The fraction of sp³-hybridized carbons (Fsp3) is 0.364. The Kier molecular flexibility index (Phi) is 4.45. The molecule has 0 saturated carbocycles. The molecule has 2 rings (SSSR count). The van der Waals surface area contributed by atoms with Gasteiger partial charge in [-0.25, -0.2) is 0 Å². The summed E-state index contributed by atoms with van der Waals surface area (Å²) >= 11 is 9.35. The van der Waals surface area contributed by atoms with Crippen LogP contribution in [-0.2, 0) is 11.3 Å². The van der Waals surface area contributed by atoms with Crippen molar-refractivity contribution in [2.75, 3.05) is 13.7 Å². The number of aliphatic hydroxyl groups is 1. The van der Waals surface area contributed by atoms with Crippen molar-refractivity contribution in [3.8, 4) is 0 Å². The molecule has 0 spiro atoms. The van der Waals surface area contributed by atoms with Crippen LogP contribution in [0.3, 0.4) is 0 Å². The van der Waals surface area contributed by atoms with Gasteiger partial charge in [-0.1, -0.05) is 11.6 Å². The molecule has 0 bridgehead atoms. The van der Waals surface area contributed by atoms with Crippen molar-refractivity contribution in [3.05, 3.63) is 39.5 Å². The number of ether oxygens (including phenoxy) is 1. The quantitative estimate of drug-likeness (QED) is 0.912. The first kappa shape index (κ1) is 13.6. The summed E-state index contributed by atoms with van der Waals surface area (Å²) < 4.78 is 12.5. The fourth-order valence-electron chi connectivity index (χ4n) is 1.62. The van der Waals surface area contributed by atoms with Gasteiger partial charge in [0.05, 0.1) is 40.8 Å². The van der Waals surface area contributed by atoms with Crippen LogP contribution in [0.15, 0.2) is 27.4 Å². The maximum absolute atomic E-state index is 10.3. The van der Waals surface area contributed by atoms with Crippen molar-refractivity contribution in [3.63, 3.8) is 0 Å². The molecule has 1 unspecified atom stereocenters. The molecule has 0 fully saturated rings. The smallest absolute Gasteiger partial charge is 0.156 e. The van der Waals surface area contributed by atoms with E-state index in [1.807, 2.05) is 0 Å². The van der Waals surface area contributed by atoms with Crippen LogP contribution >= 0.6 is 27.5 Å². The predicted molar refractivity (Wildman–Crippen MR) is 69.6 cm³/mol. The van der Waals surface area contributed by atoms with Gasteiger partial charge in [-0.2, -0.15) is 5.10 Å². The Balaban J connectivity index is 2.32. The Labute approximate surface area is 117 Å². The third-order valence-corrected chi connectivity index (χ3v) is 3.44. The lowest BCUT2D eigenvalue weighted by Crippen LogP contribution is -2.13. The van der Waals surface area contributed by atoms with Gasteiger partial charge in [0.25, 0.3) is 0 Å². The lowest BCUT2D eigenvalue weighted by molar-refractivity contribution is 0.160. The van der Waals surface area contributed by atoms with Gasteiger partial charge in [0.2, 0.25) is 0 Å². The summed E-state index contributed by atoms with van der Waals surface area (Å²) in [7, 11) is 1.60. The Morgan fingerprint density at radius 3 is 3.06 bits per heavy atom. The fourth-order valence-corrected chi connectivity index (χ4v) is 2.29. The van der Waals surface area contributed by atoms with Crippen molar-refractivity contribution in [1.29, 1.82) is 0 Å². The number of furan rings is 1. The molecule has 2 aromatic rings. The van der Waals surface area contributed by atoms with Gasteiger partial charge in [-0.15, -0.1) is 0 Å². The second-order valence-electron chi connectivity index (χ2n) is 3.63. The summed E-state index contributed by atoms with van der Waals surface area (Å²) in [6, 6.07) is 1.71. The number of halogens is 2. The second kappa shape index (κ2) is 5.88. The average Bonchev–Trinajstić information content (AvgIpc) is 2.92. The van der Waals surface area contributed by atoms with Gasteiger partial charge in [-0.3, -0.25) is 4.68 Å². The summed E-state index contributed by atoms with van der Waals surface area (Å²) in [5, 5.41) is 14.8. The Bertz CT molecular complexity index is 526. The normalized spacial score (nSPS) is 12.9. The van der Waals surface area contributed by atoms with E-state index in [1.54, 1.807) is 17.9 Å². The van der Waals surface area contributed by atoms with E-state index in [9.17, 15) is 5.11 Å². The highest BCUT2D eigenvalue weighted by atomic mass is 79.9. The molecule has 1 atom stereocenters. The van der Waals surface area contributed by atoms with E-state index < -0.39 is 6.10 Å². The number of rotatable bonds is 5. The highest BCUT2D eigenvalue weighted by Gasteiger charge is 2.24. The van der Waals surface area contributed by atoms with Gasteiger partial charge >= 0.3 is 0 Å². The number of nitrogens with zero attached hydrogens (tertiary/aromatic N) is 2.